The molecule has 2 aromatic carbocycles. The van der Waals surface area contributed by atoms with Crippen LogP contribution in [0.2, 0.25) is 0 Å². The zero-order valence-electron chi connectivity index (χ0n) is 15.9. The topological polar surface area (TPSA) is 69.7 Å². The Labute approximate surface area is 161 Å². The van der Waals surface area contributed by atoms with E-state index in [-0.39, 0.29) is 12.5 Å². The van der Waals surface area contributed by atoms with Crippen LogP contribution >= 0.6 is 0 Å². The second-order valence-electron chi connectivity index (χ2n) is 6.95. The summed E-state index contributed by atoms with van der Waals surface area (Å²) >= 11 is 0. The average molecular weight is 388 g/mol. The molecule has 0 atom stereocenters. The lowest BCUT2D eigenvalue weighted by Gasteiger charge is -2.19. The normalized spacial score (nSPS) is 17.1. The van der Waals surface area contributed by atoms with Gasteiger partial charge in [0.15, 0.2) is 0 Å². The van der Waals surface area contributed by atoms with E-state index in [2.05, 4.69) is 5.32 Å². The number of benzene rings is 2. The molecule has 0 spiro atoms. The van der Waals surface area contributed by atoms with Crippen LogP contribution < -0.4 is 5.32 Å². The number of nitrogens with zero attached hydrogens (tertiary/aromatic N) is 2. The second-order valence-corrected chi connectivity index (χ2v) is 8.88. The molecule has 0 radical (unpaired) electrons. The fourth-order valence-electron chi connectivity index (χ4n) is 3.10. The summed E-state index contributed by atoms with van der Waals surface area (Å²) in [7, 11) is -3.64. The summed E-state index contributed by atoms with van der Waals surface area (Å²) in [5.74, 6) is -0.334. The van der Waals surface area contributed by atoms with Gasteiger partial charge in [-0.1, -0.05) is 30.3 Å². The van der Waals surface area contributed by atoms with Crippen LogP contribution in [0.3, 0.4) is 0 Å². The van der Waals surface area contributed by atoms with E-state index < -0.39 is 10.2 Å². The molecule has 1 saturated heterocycles. The van der Waals surface area contributed by atoms with Gasteiger partial charge in [-0.3, -0.25) is 4.79 Å². The average Bonchev–Trinajstić information content (AvgIpc) is 2.87. The van der Waals surface area contributed by atoms with Crippen LogP contribution in [-0.4, -0.2) is 42.6 Å². The van der Waals surface area contributed by atoms with Crippen LogP contribution in [0.15, 0.2) is 42.5 Å². The van der Waals surface area contributed by atoms with Gasteiger partial charge in [0, 0.05) is 25.3 Å². The number of amides is 1. The smallest absolute Gasteiger partial charge is 0.282 e. The Balaban J connectivity index is 1.65. The lowest BCUT2D eigenvalue weighted by molar-refractivity contribution is -0.116. The summed E-state index contributed by atoms with van der Waals surface area (Å²) in [6.45, 7) is 6.78. The van der Waals surface area contributed by atoms with Gasteiger partial charge in [0.25, 0.3) is 10.2 Å². The Morgan fingerprint density at radius 3 is 2.37 bits per heavy atom. The quantitative estimate of drug-likeness (QED) is 0.857. The molecule has 0 aromatic heterocycles. The van der Waals surface area contributed by atoms with E-state index in [1.54, 1.807) is 0 Å². The molecule has 1 N–H and O–H groups in total. The summed E-state index contributed by atoms with van der Waals surface area (Å²) in [4.78, 5) is 12.3. The van der Waals surface area contributed by atoms with Gasteiger partial charge >= 0.3 is 0 Å². The molecule has 6 nitrogen and oxygen atoms in total. The van der Waals surface area contributed by atoms with Crippen LogP contribution in [0.5, 0.6) is 0 Å². The monoisotopic (exact) mass is 387 g/mol. The Morgan fingerprint density at radius 1 is 0.963 bits per heavy atom. The van der Waals surface area contributed by atoms with Crippen LogP contribution in [0, 0.1) is 20.8 Å². The molecule has 3 rings (SSSR count). The largest absolute Gasteiger partial charge is 0.325 e. The Hall–Kier alpha value is -2.22. The van der Waals surface area contributed by atoms with Crippen molar-refractivity contribution in [2.45, 2.75) is 27.3 Å². The summed E-state index contributed by atoms with van der Waals surface area (Å²) in [5.41, 5.74) is 4.92. The second kappa shape index (κ2) is 7.80. The molecule has 1 aliphatic heterocycles. The predicted octanol–water partition coefficient (Wildman–Crippen LogP) is 2.61. The minimum Gasteiger partial charge on any atom is -0.325 e. The first-order chi connectivity index (χ1) is 12.8. The third-order valence-electron chi connectivity index (χ3n) is 4.97. The number of hydrogen-bond donors (Lipinski definition) is 1. The molecule has 0 saturated carbocycles. The SMILES string of the molecule is Cc1ccc(NC(=O)CN2CCN(Cc3ccccc3C)S2(=O)=O)cc1C. The molecule has 1 aliphatic rings. The molecule has 1 fully saturated rings. The number of anilines is 1. The number of hydrogen-bond acceptors (Lipinski definition) is 3. The lowest BCUT2D eigenvalue weighted by atomic mass is 10.1. The lowest BCUT2D eigenvalue weighted by Crippen LogP contribution is -2.37. The van der Waals surface area contributed by atoms with E-state index in [0.717, 1.165) is 22.3 Å². The fraction of sp³-hybridized carbons (Fsp3) is 0.350. The Bertz CT molecular complexity index is 957. The van der Waals surface area contributed by atoms with Crippen molar-refractivity contribution in [3.05, 3.63) is 64.7 Å². The van der Waals surface area contributed by atoms with E-state index in [1.165, 1.54) is 8.61 Å². The van der Waals surface area contributed by atoms with Crippen LogP contribution in [0.4, 0.5) is 5.69 Å². The summed E-state index contributed by atoms with van der Waals surface area (Å²) < 4.78 is 28.2. The van der Waals surface area contributed by atoms with Gasteiger partial charge < -0.3 is 5.32 Å². The van der Waals surface area contributed by atoms with Crippen molar-refractivity contribution in [2.24, 2.45) is 0 Å². The maximum atomic E-state index is 12.8. The third kappa shape index (κ3) is 4.37. The van der Waals surface area contributed by atoms with Crippen LogP contribution in [0.1, 0.15) is 22.3 Å². The maximum Gasteiger partial charge on any atom is 0.282 e. The van der Waals surface area contributed by atoms with E-state index in [9.17, 15) is 13.2 Å². The zero-order valence-corrected chi connectivity index (χ0v) is 16.7. The van der Waals surface area contributed by atoms with Gasteiger partial charge in [0.05, 0.1) is 6.54 Å². The van der Waals surface area contributed by atoms with Crippen molar-refractivity contribution in [1.82, 2.24) is 8.61 Å². The van der Waals surface area contributed by atoms with Crippen molar-refractivity contribution in [3.8, 4) is 0 Å². The molecule has 144 valence electrons. The van der Waals surface area contributed by atoms with Crippen molar-refractivity contribution in [1.29, 1.82) is 0 Å². The summed E-state index contributed by atoms with van der Waals surface area (Å²) in [6, 6.07) is 13.4. The molecule has 1 heterocycles. The van der Waals surface area contributed by atoms with Gasteiger partial charge in [0.1, 0.15) is 0 Å². The van der Waals surface area contributed by atoms with Gasteiger partial charge in [-0.15, -0.1) is 0 Å². The number of rotatable bonds is 5. The molecule has 0 aliphatic carbocycles. The number of carbonyl (C=O) groups is 1. The third-order valence-corrected chi connectivity index (χ3v) is 6.90. The molecule has 27 heavy (non-hydrogen) atoms. The standard InChI is InChI=1S/C20H25N3O3S/c1-15-8-9-19(12-17(15)3)21-20(24)14-23-11-10-22(27(23,25)26)13-18-7-5-4-6-16(18)2/h4-9,12H,10-11,13-14H2,1-3H3,(H,21,24). The van der Waals surface area contributed by atoms with Crippen molar-refractivity contribution in [3.63, 3.8) is 0 Å². The maximum absolute atomic E-state index is 12.8. The Morgan fingerprint density at radius 2 is 1.67 bits per heavy atom. The fourth-order valence-corrected chi connectivity index (χ4v) is 4.63. The van der Waals surface area contributed by atoms with Gasteiger partial charge in [0.2, 0.25) is 5.91 Å². The van der Waals surface area contributed by atoms with Gasteiger partial charge in [-0.05, 0) is 55.2 Å². The molecule has 0 unspecified atom stereocenters. The number of aryl methyl sites for hydroxylation is 3. The van der Waals surface area contributed by atoms with E-state index in [4.69, 9.17) is 0 Å². The van der Waals surface area contributed by atoms with E-state index >= 15 is 0 Å². The van der Waals surface area contributed by atoms with Gasteiger partial charge in [-0.25, -0.2) is 0 Å². The predicted molar refractivity (Wildman–Crippen MR) is 107 cm³/mol. The minimum absolute atomic E-state index is 0.181. The molecule has 2 aromatic rings. The minimum atomic E-state index is -3.64. The van der Waals surface area contributed by atoms with E-state index in [1.807, 2.05) is 63.2 Å². The molecule has 0 bridgehead atoms. The van der Waals surface area contributed by atoms with Crippen molar-refractivity contribution in [2.75, 3.05) is 25.0 Å². The molecule has 7 heteroatoms. The van der Waals surface area contributed by atoms with Crippen LogP contribution in [-0.2, 0) is 21.5 Å². The first kappa shape index (κ1) is 19.5. The Kier molecular flexibility index (Phi) is 5.64. The van der Waals surface area contributed by atoms with Crippen molar-refractivity contribution < 1.29 is 13.2 Å². The number of nitrogens with one attached hydrogen (secondary N) is 1. The molecule has 1 amide bonds. The first-order valence-corrected chi connectivity index (χ1v) is 10.3. The van der Waals surface area contributed by atoms with E-state index in [0.29, 0.717) is 25.3 Å². The van der Waals surface area contributed by atoms with Crippen molar-refractivity contribution >= 4 is 21.8 Å². The highest BCUT2D eigenvalue weighted by Crippen LogP contribution is 2.21. The van der Waals surface area contributed by atoms with Crippen LogP contribution in [0.25, 0.3) is 0 Å². The zero-order chi connectivity index (χ0) is 19.6. The molecular weight excluding hydrogens is 362 g/mol. The highest BCUT2D eigenvalue weighted by molar-refractivity contribution is 7.87. The highest BCUT2D eigenvalue weighted by atomic mass is 32.2. The summed E-state index contributed by atoms with van der Waals surface area (Å²) in [5, 5.41) is 2.78. The van der Waals surface area contributed by atoms with Gasteiger partial charge in [-0.2, -0.15) is 17.0 Å². The number of carbonyl (C=O) groups excluding carboxylic acids is 1. The highest BCUT2D eigenvalue weighted by Gasteiger charge is 2.37. The first-order valence-electron chi connectivity index (χ1n) is 8.94. The summed E-state index contributed by atoms with van der Waals surface area (Å²) in [6.07, 6.45) is 0. The molecular formula is C20H25N3O3S.